The molecule has 0 atom stereocenters. The highest BCUT2D eigenvalue weighted by Gasteiger charge is 2.23. The molecule has 1 rings (SSSR count). The first-order chi connectivity index (χ1) is 10.6. The van der Waals surface area contributed by atoms with Gasteiger partial charge in [-0.2, -0.15) is 0 Å². The summed E-state index contributed by atoms with van der Waals surface area (Å²) in [4.78, 5) is 27.1. The van der Waals surface area contributed by atoms with Gasteiger partial charge in [0.2, 0.25) is 5.91 Å². The molecule has 1 fully saturated rings. The monoisotopic (exact) mass is 313 g/mol. The van der Waals surface area contributed by atoms with Crippen molar-refractivity contribution in [2.24, 2.45) is 0 Å². The van der Waals surface area contributed by atoms with Gasteiger partial charge in [0.15, 0.2) is 0 Å². The zero-order chi connectivity index (χ0) is 16.4. The highest BCUT2D eigenvalue weighted by molar-refractivity contribution is 5.76. The van der Waals surface area contributed by atoms with Gasteiger partial charge in [-0.25, -0.2) is 4.79 Å². The maximum atomic E-state index is 11.9. The largest absolute Gasteiger partial charge is 0.450 e. The Hall–Kier alpha value is -1.30. The Bertz CT molecular complexity index is 342. The van der Waals surface area contributed by atoms with E-state index in [9.17, 15) is 9.59 Å². The number of piperidine rings is 1. The molecule has 1 heterocycles. The first-order valence-corrected chi connectivity index (χ1v) is 8.47. The molecule has 0 aromatic heterocycles. The number of likely N-dealkylation sites (tertiary alicyclic amines) is 1. The van der Waals surface area contributed by atoms with Crippen molar-refractivity contribution in [3.63, 3.8) is 0 Å². The van der Waals surface area contributed by atoms with Crippen molar-refractivity contribution < 1.29 is 14.3 Å². The van der Waals surface area contributed by atoms with E-state index in [0.29, 0.717) is 25.6 Å². The van der Waals surface area contributed by atoms with Crippen LogP contribution in [0.1, 0.15) is 46.0 Å². The Kier molecular flexibility index (Phi) is 8.89. The van der Waals surface area contributed by atoms with Gasteiger partial charge in [-0.1, -0.05) is 13.3 Å². The zero-order valence-corrected chi connectivity index (χ0v) is 14.3. The van der Waals surface area contributed by atoms with Crippen molar-refractivity contribution in [1.29, 1.82) is 0 Å². The van der Waals surface area contributed by atoms with Crippen LogP contribution in [0.2, 0.25) is 0 Å². The average molecular weight is 313 g/mol. The third-order valence-corrected chi connectivity index (χ3v) is 4.07. The fourth-order valence-electron chi connectivity index (χ4n) is 2.58. The third-order valence-electron chi connectivity index (χ3n) is 4.07. The minimum atomic E-state index is -0.214. The standard InChI is InChI=1S/C16H31N3O3/c1-4-6-11-18(3)15(20)7-10-17-14-8-12-19(13-9-14)16(21)22-5-2/h14,17H,4-13H2,1-3H3. The molecular weight excluding hydrogens is 282 g/mol. The van der Waals surface area contributed by atoms with Gasteiger partial charge < -0.3 is 19.9 Å². The van der Waals surface area contributed by atoms with Crippen LogP contribution in [0.25, 0.3) is 0 Å². The molecule has 1 aliphatic rings. The number of hydrogen-bond donors (Lipinski definition) is 1. The highest BCUT2D eigenvalue weighted by Crippen LogP contribution is 2.11. The molecule has 0 unspecified atom stereocenters. The number of nitrogens with one attached hydrogen (secondary N) is 1. The molecule has 0 bridgehead atoms. The molecule has 6 nitrogen and oxygen atoms in total. The van der Waals surface area contributed by atoms with Gasteiger partial charge in [-0.3, -0.25) is 4.79 Å². The molecule has 0 aliphatic carbocycles. The smallest absolute Gasteiger partial charge is 0.409 e. The van der Waals surface area contributed by atoms with Crippen LogP contribution >= 0.6 is 0 Å². The summed E-state index contributed by atoms with van der Waals surface area (Å²) in [5.41, 5.74) is 0. The van der Waals surface area contributed by atoms with Crippen LogP contribution in [0, 0.1) is 0 Å². The topological polar surface area (TPSA) is 61.9 Å². The Morgan fingerprint density at radius 1 is 1.27 bits per heavy atom. The average Bonchev–Trinajstić information content (AvgIpc) is 2.53. The lowest BCUT2D eigenvalue weighted by Gasteiger charge is -2.31. The minimum Gasteiger partial charge on any atom is -0.450 e. The maximum Gasteiger partial charge on any atom is 0.409 e. The van der Waals surface area contributed by atoms with Crippen LogP contribution in [0.5, 0.6) is 0 Å². The molecule has 22 heavy (non-hydrogen) atoms. The summed E-state index contributed by atoms with van der Waals surface area (Å²) in [5.74, 6) is 0.199. The number of unbranched alkanes of at least 4 members (excludes halogenated alkanes) is 1. The van der Waals surface area contributed by atoms with E-state index in [1.165, 1.54) is 0 Å². The van der Waals surface area contributed by atoms with Gasteiger partial charge in [-0.15, -0.1) is 0 Å². The molecule has 0 radical (unpaired) electrons. The van der Waals surface area contributed by atoms with Crippen molar-refractivity contribution in [1.82, 2.24) is 15.1 Å². The molecule has 0 aromatic rings. The highest BCUT2D eigenvalue weighted by atomic mass is 16.6. The van der Waals surface area contributed by atoms with Gasteiger partial charge >= 0.3 is 6.09 Å². The lowest BCUT2D eigenvalue weighted by atomic mass is 10.1. The van der Waals surface area contributed by atoms with Gasteiger partial charge in [0, 0.05) is 45.7 Å². The Morgan fingerprint density at radius 2 is 1.95 bits per heavy atom. The van der Waals surface area contributed by atoms with Gasteiger partial charge in [0.1, 0.15) is 0 Å². The summed E-state index contributed by atoms with van der Waals surface area (Å²) in [6.45, 7) is 7.36. The van der Waals surface area contributed by atoms with Crippen LogP contribution in [-0.2, 0) is 9.53 Å². The van der Waals surface area contributed by atoms with E-state index in [-0.39, 0.29) is 12.0 Å². The summed E-state index contributed by atoms with van der Waals surface area (Å²) in [7, 11) is 1.87. The van der Waals surface area contributed by atoms with Crippen LogP contribution in [-0.4, -0.2) is 67.7 Å². The van der Waals surface area contributed by atoms with E-state index < -0.39 is 0 Å². The second-order valence-electron chi connectivity index (χ2n) is 5.83. The van der Waals surface area contributed by atoms with E-state index in [1.807, 2.05) is 18.9 Å². The van der Waals surface area contributed by atoms with E-state index in [4.69, 9.17) is 4.74 Å². The van der Waals surface area contributed by atoms with Crippen molar-refractivity contribution in [3.8, 4) is 0 Å². The Balaban J connectivity index is 2.14. The molecule has 0 aromatic carbocycles. The number of hydrogen-bond acceptors (Lipinski definition) is 4. The predicted molar refractivity (Wildman–Crippen MR) is 86.8 cm³/mol. The molecular formula is C16H31N3O3. The molecule has 128 valence electrons. The first kappa shape index (κ1) is 18.7. The second kappa shape index (κ2) is 10.4. The number of nitrogens with zero attached hydrogens (tertiary/aromatic N) is 2. The SMILES string of the molecule is CCCCN(C)C(=O)CCNC1CCN(C(=O)OCC)CC1. The normalized spacial score (nSPS) is 15.7. The summed E-state index contributed by atoms with van der Waals surface area (Å²) < 4.78 is 5.00. The zero-order valence-electron chi connectivity index (χ0n) is 14.3. The van der Waals surface area contributed by atoms with E-state index in [2.05, 4.69) is 12.2 Å². The molecule has 1 aliphatic heterocycles. The molecule has 1 saturated heterocycles. The number of carbonyl (C=O) groups is 2. The van der Waals surface area contributed by atoms with Crippen molar-refractivity contribution >= 4 is 12.0 Å². The van der Waals surface area contributed by atoms with Crippen LogP contribution in [0.4, 0.5) is 4.79 Å². The van der Waals surface area contributed by atoms with Gasteiger partial charge in [0.25, 0.3) is 0 Å². The number of rotatable bonds is 8. The molecule has 1 N–H and O–H groups in total. The van der Waals surface area contributed by atoms with Gasteiger partial charge in [-0.05, 0) is 26.2 Å². The first-order valence-electron chi connectivity index (χ1n) is 8.47. The molecule has 0 spiro atoms. The molecule has 0 saturated carbocycles. The summed E-state index contributed by atoms with van der Waals surface area (Å²) >= 11 is 0. The Morgan fingerprint density at radius 3 is 2.55 bits per heavy atom. The second-order valence-corrected chi connectivity index (χ2v) is 5.83. The van der Waals surface area contributed by atoms with Crippen molar-refractivity contribution in [2.45, 2.75) is 52.0 Å². The predicted octanol–water partition coefficient (Wildman–Crippen LogP) is 1.85. The van der Waals surface area contributed by atoms with E-state index >= 15 is 0 Å². The molecule has 2 amide bonds. The van der Waals surface area contributed by atoms with Crippen molar-refractivity contribution in [2.75, 3.05) is 39.8 Å². The number of ether oxygens (including phenoxy) is 1. The van der Waals surface area contributed by atoms with Gasteiger partial charge in [0.05, 0.1) is 6.61 Å². The van der Waals surface area contributed by atoms with Crippen LogP contribution in [0.3, 0.4) is 0 Å². The van der Waals surface area contributed by atoms with Crippen molar-refractivity contribution in [3.05, 3.63) is 0 Å². The summed E-state index contributed by atoms with van der Waals surface area (Å²) in [6, 6.07) is 0.388. The maximum absolute atomic E-state index is 11.9. The fourth-order valence-corrected chi connectivity index (χ4v) is 2.58. The van der Waals surface area contributed by atoms with Crippen LogP contribution < -0.4 is 5.32 Å². The van der Waals surface area contributed by atoms with Crippen LogP contribution in [0.15, 0.2) is 0 Å². The third kappa shape index (κ3) is 6.64. The lowest BCUT2D eigenvalue weighted by Crippen LogP contribution is -2.45. The Labute approximate surface area is 134 Å². The quantitative estimate of drug-likeness (QED) is 0.743. The van der Waals surface area contributed by atoms with E-state index in [1.54, 1.807) is 4.90 Å². The fraction of sp³-hybridized carbons (Fsp3) is 0.875. The van der Waals surface area contributed by atoms with E-state index in [0.717, 1.165) is 45.3 Å². The molecule has 6 heteroatoms. The summed E-state index contributed by atoms with van der Waals surface area (Å²) in [6.07, 6.45) is 4.32. The lowest BCUT2D eigenvalue weighted by molar-refractivity contribution is -0.129. The minimum absolute atomic E-state index is 0.199. The number of carbonyl (C=O) groups excluding carboxylic acids is 2. The summed E-state index contributed by atoms with van der Waals surface area (Å²) in [5, 5.41) is 3.43. The number of amides is 2.